The first-order valence-corrected chi connectivity index (χ1v) is 6.93. The Kier molecular flexibility index (Phi) is 4.24. The minimum absolute atomic E-state index is 0.395. The number of carbonyl (C=O) groups is 1. The van der Waals surface area contributed by atoms with Gasteiger partial charge >= 0.3 is 0 Å². The van der Waals surface area contributed by atoms with Gasteiger partial charge in [-0.3, -0.25) is 4.79 Å². The molecule has 6 heteroatoms. The third kappa shape index (κ3) is 3.08. The Bertz CT molecular complexity index is 662. The van der Waals surface area contributed by atoms with Gasteiger partial charge in [-0.2, -0.15) is 0 Å². The predicted molar refractivity (Wildman–Crippen MR) is 76.9 cm³/mol. The van der Waals surface area contributed by atoms with Crippen LogP contribution in [0, 0.1) is 11.6 Å². The van der Waals surface area contributed by atoms with Crippen LogP contribution < -0.4 is 11.1 Å². The lowest BCUT2D eigenvalue weighted by molar-refractivity contribution is 0.102. The number of halogens is 2. The highest BCUT2D eigenvalue weighted by Gasteiger charge is 2.16. The summed E-state index contributed by atoms with van der Waals surface area (Å²) in [5.41, 5.74) is 4.99. The average molecular weight is 294 g/mol. The molecular weight excluding hydrogens is 282 g/mol. The van der Waals surface area contributed by atoms with Gasteiger partial charge in [0.1, 0.15) is 5.82 Å². The van der Waals surface area contributed by atoms with Gasteiger partial charge in [-0.1, -0.05) is 6.07 Å². The van der Waals surface area contributed by atoms with Crippen LogP contribution >= 0.6 is 11.8 Å². The van der Waals surface area contributed by atoms with E-state index in [0.29, 0.717) is 5.69 Å². The fourth-order valence-corrected chi connectivity index (χ4v) is 2.13. The van der Waals surface area contributed by atoms with Crippen LogP contribution in [0.25, 0.3) is 0 Å². The van der Waals surface area contributed by atoms with Crippen LogP contribution in [0.5, 0.6) is 0 Å². The molecule has 0 aliphatic rings. The molecule has 0 heterocycles. The molecule has 0 radical (unpaired) electrons. The summed E-state index contributed by atoms with van der Waals surface area (Å²) < 4.78 is 26.9. The van der Waals surface area contributed by atoms with Gasteiger partial charge in [-0.25, -0.2) is 8.78 Å². The van der Waals surface area contributed by atoms with Crippen LogP contribution in [-0.2, 0) is 0 Å². The molecule has 0 saturated heterocycles. The van der Waals surface area contributed by atoms with Gasteiger partial charge in [0, 0.05) is 10.6 Å². The molecule has 2 rings (SSSR count). The fraction of sp³-hybridized carbons (Fsp3) is 0.0714. The van der Waals surface area contributed by atoms with Crippen molar-refractivity contribution in [2.45, 2.75) is 4.90 Å². The standard InChI is InChI=1S/C14H12F2N2OS/c1-20-10-4-2-3-9(7-10)18-14(19)11-5-8(15)6-12(17)13(11)16/h2-7H,17H2,1H3,(H,18,19). The molecule has 0 aromatic heterocycles. The van der Waals surface area contributed by atoms with Crippen molar-refractivity contribution >= 4 is 29.0 Å². The molecule has 0 aliphatic heterocycles. The van der Waals surface area contributed by atoms with Gasteiger partial charge < -0.3 is 11.1 Å². The van der Waals surface area contributed by atoms with Crippen LogP contribution in [0.2, 0.25) is 0 Å². The third-order valence-corrected chi connectivity index (χ3v) is 3.36. The highest BCUT2D eigenvalue weighted by atomic mass is 32.2. The van der Waals surface area contributed by atoms with Gasteiger partial charge in [0.25, 0.3) is 5.91 Å². The van der Waals surface area contributed by atoms with Crippen molar-refractivity contribution in [1.29, 1.82) is 0 Å². The monoisotopic (exact) mass is 294 g/mol. The van der Waals surface area contributed by atoms with Crippen molar-refractivity contribution in [2.75, 3.05) is 17.3 Å². The first-order valence-electron chi connectivity index (χ1n) is 5.71. The van der Waals surface area contributed by atoms with E-state index in [1.54, 1.807) is 18.2 Å². The number of rotatable bonds is 3. The van der Waals surface area contributed by atoms with Crippen LogP contribution in [0.4, 0.5) is 20.2 Å². The Morgan fingerprint density at radius 1 is 1.25 bits per heavy atom. The molecule has 0 bridgehead atoms. The highest BCUT2D eigenvalue weighted by molar-refractivity contribution is 7.98. The number of amides is 1. The molecule has 2 aromatic carbocycles. The van der Waals surface area contributed by atoms with Gasteiger partial charge in [-0.05, 0) is 36.6 Å². The summed E-state index contributed by atoms with van der Waals surface area (Å²) in [7, 11) is 0. The molecule has 1 amide bonds. The van der Waals surface area contributed by atoms with Gasteiger partial charge in [0.05, 0.1) is 11.3 Å². The molecule has 2 aromatic rings. The van der Waals surface area contributed by atoms with Gasteiger partial charge in [0.2, 0.25) is 0 Å². The van der Waals surface area contributed by atoms with E-state index >= 15 is 0 Å². The molecule has 0 unspecified atom stereocenters. The largest absolute Gasteiger partial charge is 0.396 e. The quantitative estimate of drug-likeness (QED) is 0.672. The van der Waals surface area contributed by atoms with Crippen molar-refractivity contribution in [1.82, 2.24) is 0 Å². The number of hydrogen-bond acceptors (Lipinski definition) is 3. The van der Waals surface area contributed by atoms with Crippen molar-refractivity contribution in [3.63, 3.8) is 0 Å². The number of nitrogens with two attached hydrogens (primary N) is 1. The summed E-state index contributed by atoms with van der Waals surface area (Å²) in [6.45, 7) is 0. The number of nitrogen functional groups attached to an aromatic ring is 1. The Balaban J connectivity index is 2.28. The SMILES string of the molecule is CSc1cccc(NC(=O)c2cc(F)cc(N)c2F)c1. The summed E-state index contributed by atoms with van der Waals surface area (Å²) in [4.78, 5) is 12.9. The minimum Gasteiger partial charge on any atom is -0.396 e. The maximum absolute atomic E-state index is 13.7. The third-order valence-electron chi connectivity index (χ3n) is 2.64. The van der Waals surface area contributed by atoms with Crippen LogP contribution in [0.3, 0.4) is 0 Å². The summed E-state index contributed by atoms with van der Waals surface area (Å²) in [5.74, 6) is -2.43. The number of nitrogens with one attached hydrogen (secondary N) is 1. The maximum atomic E-state index is 13.7. The van der Waals surface area contributed by atoms with E-state index in [9.17, 15) is 13.6 Å². The smallest absolute Gasteiger partial charge is 0.258 e. The lowest BCUT2D eigenvalue weighted by Crippen LogP contribution is -2.15. The van der Waals surface area contributed by atoms with E-state index in [4.69, 9.17) is 5.73 Å². The van der Waals surface area contributed by atoms with E-state index in [2.05, 4.69) is 5.32 Å². The second-order valence-electron chi connectivity index (χ2n) is 4.04. The van der Waals surface area contributed by atoms with E-state index in [1.807, 2.05) is 12.3 Å². The van der Waals surface area contributed by atoms with Crippen molar-refractivity contribution in [3.05, 3.63) is 53.6 Å². The molecule has 0 spiro atoms. The zero-order chi connectivity index (χ0) is 14.7. The van der Waals surface area contributed by atoms with Crippen LogP contribution in [-0.4, -0.2) is 12.2 Å². The number of hydrogen-bond donors (Lipinski definition) is 2. The molecule has 0 atom stereocenters. The number of benzene rings is 2. The molecular formula is C14H12F2N2OS. The summed E-state index contributed by atoms with van der Waals surface area (Å²) in [6, 6.07) is 8.69. The van der Waals surface area contributed by atoms with E-state index in [1.165, 1.54) is 11.8 Å². The topological polar surface area (TPSA) is 55.1 Å². The fourth-order valence-electron chi connectivity index (χ4n) is 1.67. The Hall–Kier alpha value is -2.08. The van der Waals surface area contributed by atoms with E-state index in [0.717, 1.165) is 17.0 Å². The summed E-state index contributed by atoms with van der Waals surface area (Å²) in [6.07, 6.45) is 1.90. The zero-order valence-electron chi connectivity index (χ0n) is 10.6. The zero-order valence-corrected chi connectivity index (χ0v) is 11.4. The predicted octanol–water partition coefficient (Wildman–Crippen LogP) is 3.52. The maximum Gasteiger partial charge on any atom is 0.258 e. The Morgan fingerprint density at radius 3 is 2.70 bits per heavy atom. The van der Waals surface area contributed by atoms with Crippen molar-refractivity contribution < 1.29 is 13.6 Å². The van der Waals surface area contributed by atoms with Crippen LogP contribution in [0.1, 0.15) is 10.4 Å². The van der Waals surface area contributed by atoms with Crippen LogP contribution in [0.15, 0.2) is 41.3 Å². The highest BCUT2D eigenvalue weighted by Crippen LogP contribution is 2.21. The number of thioether (sulfide) groups is 1. The first kappa shape index (κ1) is 14.3. The van der Waals surface area contributed by atoms with E-state index < -0.39 is 28.8 Å². The minimum atomic E-state index is -0.926. The normalized spacial score (nSPS) is 10.3. The average Bonchev–Trinajstić information content (AvgIpc) is 2.43. The lowest BCUT2D eigenvalue weighted by Gasteiger charge is -2.08. The van der Waals surface area contributed by atoms with Crippen molar-refractivity contribution in [2.24, 2.45) is 0 Å². The van der Waals surface area contributed by atoms with E-state index in [-0.39, 0.29) is 0 Å². The Labute approximate surface area is 119 Å². The second kappa shape index (κ2) is 5.92. The lowest BCUT2D eigenvalue weighted by atomic mass is 10.1. The molecule has 3 nitrogen and oxygen atoms in total. The number of carbonyl (C=O) groups excluding carboxylic acids is 1. The van der Waals surface area contributed by atoms with Gasteiger partial charge in [0.15, 0.2) is 5.82 Å². The summed E-state index contributed by atoms with van der Waals surface area (Å²) in [5, 5.41) is 2.51. The molecule has 3 N–H and O–H groups in total. The molecule has 0 fully saturated rings. The number of anilines is 2. The summed E-state index contributed by atoms with van der Waals surface area (Å²) >= 11 is 1.51. The molecule has 104 valence electrons. The first-order chi connectivity index (χ1) is 9.51. The molecule has 0 aliphatic carbocycles. The second-order valence-corrected chi connectivity index (χ2v) is 4.92. The molecule has 0 saturated carbocycles. The van der Waals surface area contributed by atoms with Gasteiger partial charge in [-0.15, -0.1) is 11.8 Å². The molecule has 20 heavy (non-hydrogen) atoms. The van der Waals surface area contributed by atoms with Crippen molar-refractivity contribution in [3.8, 4) is 0 Å². The Morgan fingerprint density at radius 2 is 2.00 bits per heavy atom.